The molecule has 88 valence electrons. The number of nitrogens with one attached hydrogen (secondary N) is 1. The number of nitrogens with zero attached hydrogens (tertiary/aromatic N) is 3. The van der Waals surface area contributed by atoms with Crippen LogP contribution in [0.4, 0.5) is 0 Å². The summed E-state index contributed by atoms with van der Waals surface area (Å²) in [6.07, 6.45) is 0. The zero-order chi connectivity index (χ0) is 12.3. The van der Waals surface area contributed by atoms with Crippen LogP contribution in [0.1, 0.15) is 23.1 Å². The van der Waals surface area contributed by atoms with Crippen molar-refractivity contribution < 1.29 is 4.79 Å². The van der Waals surface area contributed by atoms with Crippen molar-refractivity contribution in [1.29, 1.82) is 0 Å². The van der Waals surface area contributed by atoms with E-state index in [4.69, 9.17) is 18.0 Å². The Morgan fingerprint density at radius 3 is 2.75 bits per heavy atom. The molecule has 0 spiro atoms. The fourth-order valence-electron chi connectivity index (χ4n) is 1.29. The number of carbonyl (C=O) groups excluding carboxylic acids is 1. The molecule has 0 atom stereocenters. The first-order valence-electron chi connectivity index (χ1n) is 4.84. The van der Waals surface area contributed by atoms with Crippen molar-refractivity contribution in [3.05, 3.63) is 17.5 Å². The summed E-state index contributed by atoms with van der Waals surface area (Å²) in [6, 6.07) is 1.70. The number of thiocarbonyl (C=S) groups is 1. The van der Waals surface area contributed by atoms with E-state index in [0.717, 1.165) is 5.69 Å². The van der Waals surface area contributed by atoms with Gasteiger partial charge in [-0.2, -0.15) is 5.10 Å². The van der Waals surface area contributed by atoms with Crippen LogP contribution >= 0.6 is 12.2 Å². The maximum Gasteiger partial charge on any atom is 0.288 e. The lowest BCUT2D eigenvalue weighted by Crippen LogP contribution is -2.48. The molecule has 3 N–H and O–H groups in total. The monoisotopic (exact) mass is 241 g/mol. The number of rotatable bonds is 2. The highest BCUT2D eigenvalue weighted by Crippen LogP contribution is 2.01. The molecule has 0 aromatic carbocycles. The van der Waals surface area contributed by atoms with Crippen LogP contribution < -0.4 is 11.2 Å². The Balaban J connectivity index is 2.79. The number of hydrogen-bond acceptors (Lipinski definition) is 3. The Labute approximate surface area is 99.4 Å². The summed E-state index contributed by atoms with van der Waals surface area (Å²) in [5.74, 6) is -0.280. The molecule has 1 aromatic heterocycles. The molecule has 7 heteroatoms. The van der Waals surface area contributed by atoms with E-state index in [1.807, 2.05) is 13.8 Å². The first kappa shape index (κ1) is 12.4. The van der Waals surface area contributed by atoms with Crippen LogP contribution in [0.5, 0.6) is 0 Å². The number of aromatic nitrogens is 2. The molecule has 1 aromatic rings. The average molecular weight is 241 g/mol. The van der Waals surface area contributed by atoms with Gasteiger partial charge in [0.25, 0.3) is 5.91 Å². The van der Waals surface area contributed by atoms with Gasteiger partial charge in [0, 0.05) is 13.6 Å². The maximum absolute atomic E-state index is 11.8. The van der Waals surface area contributed by atoms with Crippen molar-refractivity contribution in [3.63, 3.8) is 0 Å². The SMILES string of the molecule is CCN(NC(=O)c1cc(C)nn1C)C(N)=S. The fourth-order valence-corrected chi connectivity index (χ4v) is 1.47. The van der Waals surface area contributed by atoms with E-state index < -0.39 is 0 Å². The number of nitrogens with two attached hydrogens (primary N) is 1. The van der Waals surface area contributed by atoms with Gasteiger partial charge >= 0.3 is 0 Å². The summed E-state index contributed by atoms with van der Waals surface area (Å²) in [4.78, 5) is 11.8. The van der Waals surface area contributed by atoms with Gasteiger partial charge < -0.3 is 5.73 Å². The second-order valence-corrected chi connectivity index (χ2v) is 3.74. The Bertz CT molecular complexity index is 414. The van der Waals surface area contributed by atoms with Gasteiger partial charge in [-0.05, 0) is 32.1 Å². The largest absolute Gasteiger partial charge is 0.375 e. The van der Waals surface area contributed by atoms with Crippen LogP contribution in [0.2, 0.25) is 0 Å². The molecule has 6 nitrogen and oxygen atoms in total. The average Bonchev–Trinajstić information content (AvgIpc) is 2.53. The summed E-state index contributed by atoms with van der Waals surface area (Å²) in [6.45, 7) is 4.17. The van der Waals surface area contributed by atoms with Gasteiger partial charge in [-0.25, -0.2) is 0 Å². The molecule has 0 bridgehead atoms. The molecule has 0 fully saturated rings. The minimum atomic E-state index is -0.280. The number of amides is 1. The van der Waals surface area contributed by atoms with Crippen molar-refractivity contribution in [2.75, 3.05) is 6.54 Å². The van der Waals surface area contributed by atoms with Crippen LogP contribution in [0, 0.1) is 6.92 Å². The van der Waals surface area contributed by atoms with Crippen molar-refractivity contribution in [2.45, 2.75) is 13.8 Å². The normalized spacial score (nSPS) is 9.94. The second kappa shape index (κ2) is 4.93. The van der Waals surface area contributed by atoms with Crippen molar-refractivity contribution in [1.82, 2.24) is 20.2 Å². The van der Waals surface area contributed by atoms with Gasteiger partial charge in [0.2, 0.25) is 0 Å². The third-order valence-corrected chi connectivity index (χ3v) is 2.27. The molecule has 1 heterocycles. The summed E-state index contributed by atoms with van der Waals surface area (Å²) >= 11 is 4.79. The summed E-state index contributed by atoms with van der Waals surface area (Å²) in [5, 5.41) is 5.62. The zero-order valence-corrected chi connectivity index (χ0v) is 10.3. The van der Waals surface area contributed by atoms with Crippen molar-refractivity contribution >= 4 is 23.2 Å². The molecule has 0 radical (unpaired) electrons. The van der Waals surface area contributed by atoms with Crippen molar-refractivity contribution in [2.24, 2.45) is 12.8 Å². The van der Waals surface area contributed by atoms with Gasteiger partial charge in [0.05, 0.1) is 5.69 Å². The smallest absolute Gasteiger partial charge is 0.288 e. The molecule has 0 unspecified atom stereocenters. The topological polar surface area (TPSA) is 76.2 Å². The number of hydrazine groups is 1. The lowest BCUT2D eigenvalue weighted by atomic mass is 10.3. The van der Waals surface area contributed by atoms with Gasteiger partial charge in [0.1, 0.15) is 5.69 Å². The Kier molecular flexibility index (Phi) is 3.83. The van der Waals surface area contributed by atoms with Crippen LogP contribution in [0.15, 0.2) is 6.07 Å². The quantitative estimate of drug-likeness (QED) is 0.560. The zero-order valence-electron chi connectivity index (χ0n) is 9.52. The van der Waals surface area contributed by atoms with Gasteiger partial charge in [0.15, 0.2) is 5.11 Å². The lowest BCUT2D eigenvalue weighted by molar-refractivity contribution is 0.0864. The van der Waals surface area contributed by atoms with Gasteiger partial charge in [-0.15, -0.1) is 0 Å². The fraction of sp³-hybridized carbons (Fsp3) is 0.444. The molecule has 0 saturated carbocycles. The third kappa shape index (κ3) is 2.69. The van der Waals surface area contributed by atoms with Crippen LogP contribution in [0.3, 0.4) is 0 Å². The van der Waals surface area contributed by atoms with Crippen LogP contribution in [0.25, 0.3) is 0 Å². The summed E-state index contributed by atoms with van der Waals surface area (Å²) in [5.41, 5.74) is 9.29. The van der Waals surface area contributed by atoms with Crippen LogP contribution in [-0.4, -0.2) is 32.4 Å². The summed E-state index contributed by atoms with van der Waals surface area (Å²) in [7, 11) is 1.71. The van der Waals surface area contributed by atoms with E-state index in [-0.39, 0.29) is 11.0 Å². The first-order valence-corrected chi connectivity index (χ1v) is 5.25. The van der Waals surface area contributed by atoms with E-state index in [1.54, 1.807) is 13.1 Å². The number of hydrogen-bond donors (Lipinski definition) is 2. The van der Waals surface area contributed by atoms with E-state index in [0.29, 0.717) is 12.2 Å². The molecule has 0 saturated heterocycles. The third-order valence-electron chi connectivity index (χ3n) is 2.05. The summed E-state index contributed by atoms with van der Waals surface area (Å²) < 4.78 is 1.51. The molecule has 16 heavy (non-hydrogen) atoms. The molecule has 0 aliphatic heterocycles. The molecular formula is C9H15N5OS. The second-order valence-electron chi connectivity index (χ2n) is 3.32. The molecule has 1 rings (SSSR count). The van der Waals surface area contributed by atoms with E-state index in [2.05, 4.69) is 10.5 Å². The van der Waals surface area contributed by atoms with E-state index >= 15 is 0 Å². The number of carbonyl (C=O) groups is 1. The highest BCUT2D eigenvalue weighted by molar-refractivity contribution is 7.80. The molecule has 0 aliphatic carbocycles. The first-order chi connectivity index (χ1) is 7.45. The predicted molar refractivity (Wildman–Crippen MR) is 64.6 cm³/mol. The van der Waals surface area contributed by atoms with E-state index in [9.17, 15) is 4.79 Å². The molecular weight excluding hydrogens is 226 g/mol. The Hall–Kier alpha value is -1.63. The minimum Gasteiger partial charge on any atom is -0.375 e. The highest BCUT2D eigenvalue weighted by Gasteiger charge is 2.14. The predicted octanol–water partition coefficient (Wildman–Crippen LogP) is -0.0612. The Morgan fingerprint density at radius 1 is 1.75 bits per heavy atom. The van der Waals surface area contributed by atoms with Crippen LogP contribution in [-0.2, 0) is 7.05 Å². The van der Waals surface area contributed by atoms with E-state index in [1.165, 1.54) is 9.69 Å². The van der Waals surface area contributed by atoms with Crippen molar-refractivity contribution in [3.8, 4) is 0 Å². The lowest BCUT2D eigenvalue weighted by Gasteiger charge is -2.21. The maximum atomic E-state index is 11.8. The molecule has 0 aliphatic rings. The molecule has 1 amide bonds. The van der Waals surface area contributed by atoms with Gasteiger partial charge in [-0.1, -0.05) is 0 Å². The van der Waals surface area contributed by atoms with Gasteiger partial charge in [-0.3, -0.25) is 19.9 Å². The minimum absolute atomic E-state index is 0.134. The number of aryl methyl sites for hydroxylation is 2. The highest BCUT2D eigenvalue weighted by atomic mass is 32.1. The Morgan fingerprint density at radius 2 is 2.38 bits per heavy atom. The standard InChI is InChI=1S/C9H15N5OS/c1-4-14(9(10)16)12-8(15)7-5-6(2)11-13(7)3/h5H,4H2,1-3H3,(H2,10,16)(H,12,15).